The number of benzene rings is 2. The van der Waals surface area contributed by atoms with E-state index in [9.17, 15) is 9.18 Å². The molecule has 4 nitrogen and oxygen atoms in total. The summed E-state index contributed by atoms with van der Waals surface area (Å²) in [7, 11) is 3.06. The topological polar surface area (TPSA) is 48.4 Å². The SMILES string of the molecule is COc1ccc(C(=O)/C=C/c2ccccc2-c2ccc(F)nc2)cc1OC. The van der Waals surface area contributed by atoms with E-state index in [0.717, 1.165) is 16.7 Å². The molecule has 0 aliphatic rings. The Morgan fingerprint density at radius 2 is 1.78 bits per heavy atom. The lowest BCUT2D eigenvalue weighted by Crippen LogP contribution is -1.97. The van der Waals surface area contributed by atoms with E-state index in [1.807, 2.05) is 24.3 Å². The Morgan fingerprint density at radius 1 is 1.00 bits per heavy atom. The molecule has 1 aromatic heterocycles. The number of allylic oxidation sites excluding steroid dienone is 1. The molecule has 0 unspecified atom stereocenters. The zero-order chi connectivity index (χ0) is 19.2. The van der Waals surface area contributed by atoms with E-state index in [1.165, 1.54) is 25.4 Å². The second-order valence-corrected chi connectivity index (χ2v) is 5.72. The highest BCUT2D eigenvalue weighted by atomic mass is 19.1. The van der Waals surface area contributed by atoms with Gasteiger partial charge in [-0.25, -0.2) is 4.98 Å². The van der Waals surface area contributed by atoms with Crippen molar-refractivity contribution in [2.45, 2.75) is 0 Å². The van der Waals surface area contributed by atoms with Gasteiger partial charge in [-0.2, -0.15) is 4.39 Å². The summed E-state index contributed by atoms with van der Waals surface area (Å²) in [4.78, 5) is 16.2. The third-order valence-electron chi connectivity index (χ3n) is 4.08. The fraction of sp³-hybridized carbons (Fsp3) is 0.0909. The van der Waals surface area contributed by atoms with Crippen LogP contribution in [0.2, 0.25) is 0 Å². The van der Waals surface area contributed by atoms with Crippen LogP contribution in [0.25, 0.3) is 17.2 Å². The third kappa shape index (κ3) is 4.20. The van der Waals surface area contributed by atoms with Crippen molar-refractivity contribution in [1.29, 1.82) is 0 Å². The van der Waals surface area contributed by atoms with Gasteiger partial charge in [-0.1, -0.05) is 30.3 Å². The van der Waals surface area contributed by atoms with E-state index >= 15 is 0 Å². The van der Waals surface area contributed by atoms with E-state index < -0.39 is 5.95 Å². The number of ether oxygens (including phenoxy) is 2. The van der Waals surface area contributed by atoms with Gasteiger partial charge < -0.3 is 9.47 Å². The van der Waals surface area contributed by atoms with Gasteiger partial charge in [0.15, 0.2) is 17.3 Å². The largest absolute Gasteiger partial charge is 0.493 e. The average Bonchev–Trinajstić information content (AvgIpc) is 2.72. The first-order chi connectivity index (χ1) is 13.1. The monoisotopic (exact) mass is 363 g/mol. The number of pyridine rings is 1. The molecule has 5 heteroatoms. The van der Waals surface area contributed by atoms with Crippen LogP contribution in [0.15, 0.2) is 66.9 Å². The van der Waals surface area contributed by atoms with Gasteiger partial charge in [-0.05, 0) is 47.5 Å². The van der Waals surface area contributed by atoms with E-state index in [0.29, 0.717) is 17.1 Å². The zero-order valence-electron chi connectivity index (χ0n) is 15.0. The molecule has 0 bridgehead atoms. The van der Waals surface area contributed by atoms with Crippen LogP contribution in [0, 0.1) is 5.95 Å². The summed E-state index contributed by atoms with van der Waals surface area (Å²) in [6.07, 6.45) is 4.70. The van der Waals surface area contributed by atoms with Gasteiger partial charge in [0, 0.05) is 17.3 Å². The Morgan fingerprint density at radius 3 is 2.48 bits per heavy atom. The Hall–Kier alpha value is -3.47. The van der Waals surface area contributed by atoms with Crippen LogP contribution in [0.3, 0.4) is 0 Å². The van der Waals surface area contributed by atoms with Crippen LogP contribution in [0.1, 0.15) is 15.9 Å². The van der Waals surface area contributed by atoms with Gasteiger partial charge in [0.1, 0.15) is 0 Å². The second kappa shape index (κ2) is 8.27. The number of rotatable bonds is 6. The van der Waals surface area contributed by atoms with Crippen LogP contribution in [-0.4, -0.2) is 25.0 Å². The number of methoxy groups -OCH3 is 2. The third-order valence-corrected chi connectivity index (χ3v) is 4.08. The van der Waals surface area contributed by atoms with Crippen molar-refractivity contribution in [2.75, 3.05) is 14.2 Å². The highest BCUT2D eigenvalue weighted by Gasteiger charge is 2.09. The molecule has 0 N–H and O–H groups in total. The smallest absolute Gasteiger partial charge is 0.212 e. The minimum absolute atomic E-state index is 0.164. The molecule has 3 aromatic rings. The normalized spacial score (nSPS) is 10.8. The Balaban J connectivity index is 1.88. The predicted octanol–water partition coefficient (Wildman–Crippen LogP) is 4.80. The molecule has 136 valence electrons. The quantitative estimate of drug-likeness (QED) is 0.359. The molecule has 0 radical (unpaired) electrons. The molecule has 0 saturated carbocycles. The highest BCUT2D eigenvalue weighted by molar-refractivity contribution is 6.07. The minimum atomic E-state index is -0.532. The summed E-state index contributed by atoms with van der Waals surface area (Å²) >= 11 is 0. The summed E-state index contributed by atoms with van der Waals surface area (Å²) in [5.41, 5.74) is 2.96. The molecular formula is C22H18FNO3. The fourth-order valence-electron chi connectivity index (χ4n) is 2.69. The van der Waals surface area contributed by atoms with E-state index in [-0.39, 0.29) is 5.78 Å². The van der Waals surface area contributed by atoms with E-state index in [4.69, 9.17) is 9.47 Å². The van der Waals surface area contributed by atoms with Crippen molar-refractivity contribution < 1.29 is 18.7 Å². The summed E-state index contributed by atoms with van der Waals surface area (Å²) in [5.74, 6) is 0.361. The van der Waals surface area contributed by atoms with Crippen LogP contribution >= 0.6 is 0 Å². The van der Waals surface area contributed by atoms with Crippen LogP contribution in [-0.2, 0) is 0 Å². The predicted molar refractivity (Wildman–Crippen MR) is 103 cm³/mol. The standard InChI is InChI=1S/C22H18FNO3/c1-26-20-11-8-16(13-21(20)27-2)19(25)10-7-15-5-3-4-6-18(15)17-9-12-22(23)24-14-17/h3-14H,1-2H3/b10-7+. The number of carbonyl (C=O) groups is 1. The van der Waals surface area contributed by atoms with Gasteiger partial charge in [0.2, 0.25) is 5.95 Å². The van der Waals surface area contributed by atoms with Gasteiger partial charge in [-0.15, -0.1) is 0 Å². The maximum absolute atomic E-state index is 13.1. The van der Waals surface area contributed by atoms with Crippen molar-refractivity contribution in [2.24, 2.45) is 0 Å². The molecule has 3 rings (SSSR count). The molecule has 0 saturated heterocycles. The highest BCUT2D eigenvalue weighted by Crippen LogP contribution is 2.28. The summed E-state index contributed by atoms with van der Waals surface area (Å²) in [6.45, 7) is 0. The van der Waals surface area contributed by atoms with E-state index in [1.54, 1.807) is 37.5 Å². The summed E-state index contributed by atoms with van der Waals surface area (Å²) < 4.78 is 23.5. The molecular weight excluding hydrogens is 345 g/mol. The maximum atomic E-state index is 13.1. The second-order valence-electron chi connectivity index (χ2n) is 5.72. The molecule has 0 amide bonds. The molecule has 0 fully saturated rings. The minimum Gasteiger partial charge on any atom is -0.493 e. The van der Waals surface area contributed by atoms with Crippen molar-refractivity contribution in [3.05, 3.63) is 83.9 Å². The van der Waals surface area contributed by atoms with Gasteiger partial charge >= 0.3 is 0 Å². The first-order valence-electron chi connectivity index (χ1n) is 8.28. The first kappa shape index (κ1) is 18.3. The van der Waals surface area contributed by atoms with Crippen LogP contribution < -0.4 is 9.47 Å². The molecule has 0 atom stereocenters. The zero-order valence-corrected chi connectivity index (χ0v) is 15.0. The van der Waals surface area contributed by atoms with Gasteiger partial charge in [0.25, 0.3) is 0 Å². The molecule has 0 aliphatic carbocycles. The van der Waals surface area contributed by atoms with E-state index in [2.05, 4.69) is 4.98 Å². The first-order valence-corrected chi connectivity index (χ1v) is 8.28. The molecule has 27 heavy (non-hydrogen) atoms. The molecule has 1 heterocycles. The maximum Gasteiger partial charge on any atom is 0.212 e. The Labute approximate surface area is 156 Å². The lowest BCUT2D eigenvalue weighted by Gasteiger charge is -2.08. The number of hydrogen-bond acceptors (Lipinski definition) is 4. The Kier molecular flexibility index (Phi) is 5.61. The number of aromatic nitrogens is 1. The fourth-order valence-corrected chi connectivity index (χ4v) is 2.69. The van der Waals surface area contributed by atoms with Crippen LogP contribution in [0.5, 0.6) is 11.5 Å². The number of hydrogen-bond donors (Lipinski definition) is 0. The van der Waals surface area contributed by atoms with Gasteiger partial charge in [0.05, 0.1) is 14.2 Å². The van der Waals surface area contributed by atoms with Gasteiger partial charge in [-0.3, -0.25) is 4.79 Å². The van der Waals surface area contributed by atoms with Crippen molar-refractivity contribution >= 4 is 11.9 Å². The molecule has 0 aliphatic heterocycles. The van der Waals surface area contributed by atoms with Crippen molar-refractivity contribution in [3.63, 3.8) is 0 Å². The van der Waals surface area contributed by atoms with Crippen LogP contribution in [0.4, 0.5) is 4.39 Å². The number of carbonyl (C=O) groups excluding carboxylic acids is 1. The van der Waals surface area contributed by atoms with Crippen molar-refractivity contribution in [1.82, 2.24) is 4.98 Å². The number of ketones is 1. The molecule has 0 spiro atoms. The number of nitrogens with zero attached hydrogens (tertiary/aromatic N) is 1. The van der Waals surface area contributed by atoms with Crippen molar-refractivity contribution in [3.8, 4) is 22.6 Å². The Bertz CT molecular complexity index is 981. The lowest BCUT2D eigenvalue weighted by atomic mass is 10.00. The summed E-state index contributed by atoms with van der Waals surface area (Å²) in [6, 6.07) is 15.5. The average molecular weight is 363 g/mol. The number of halogens is 1. The lowest BCUT2D eigenvalue weighted by molar-refractivity contribution is 0.104. The molecule has 2 aromatic carbocycles. The summed E-state index contributed by atoms with van der Waals surface area (Å²) in [5, 5.41) is 0.